The van der Waals surface area contributed by atoms with Gasteiger partial charge in [-0.25, -0.2) is 19.6 Å². The van der Waals surface area contributed by atoms with E-state index < -0.39 is 0 Å². The normalized spacial score (nSPS) is 16.7. The fraction of sp³-hybridized carbons (Fsp3) is 0.389. The van der Waals surface area contributed by atoms with Gasteiger partial charge >= 0.3 is 0 Å². The first-order valence-corrected chi connectivity index (χ1v) is 10.3. The molecule has 154 valence electrons. The molecular weight excluding hydrogens is 404 g/mol. The van der Waals surface area contributed by atoms with Gasteiger partial charge in [-0.1, -0.05) is 0 Å². The third kappa shape index (κ3) is 4.76. The average molecular weight is 424 g/mol. The summed E-state index contributed by atoms with van der Waals surface area (Å²) in [5.74, 6) is 1.19. The molecule has 0 aliphatic carbocycles. The Morgan fingerprint density at radius 3 is 2.97 bits per heavy atom. The van der Waals surface area contributed by atoms with E-state index in [-0.39, 0.29) is 17.5 Å². The molecule has 1 atom stereocenters. The molecule has 1 saturated heterocycles. The molecule has 1 aliphatic rings. The van der Waals surface area contributed by atoms with Crippen LogP contribution in [0.3, 0.4) is 0 Å². The van der Waals surface area contributed by atoms with E-state index >= 15 is 0 Å². The van der Waals surface area contributed by atoms with Crippen molar-refractivity contribution in [2.75, 3.05) is 30.4 Å². The van der Waals surface area contributed by atoms with Gasteiger partial charge in [-0.15, -0.1) is 21.5 Å². The van der Waals surface area contributed by atoms with Gasteiger partial charge in [0.05, 0.1) is 18.3 Å². The average Bonchev–Trinajstić information content (AvgIpc) is 3.40. The van der Waals surface area contributed by atoms with Crippen LogP contribution in [0.4, 0.5) is 10.9 Å². The van der Waals surface area contributed by atoms with Crippen LogP contribution in [0.5, 0.6) is 0 Å². The number of likely N-dealkylation sites (tertiary alicyclic amines) is 1. The Kier molecular flexibility index (Phi) is 5.92. The van der Waals surface area contributed by atoms with Gasteiger partial charge in [-0.05, 0) is 26.3 Å². The summed E-state index contributed by atoms with van der Waals surface area (Å²) < 4.78 is 1.36. The Balaban J connectivity index is 1.46. The summed E-state index contributed by atoms with van der Waals surface area (Å²) in [4.78, 5) is 27.8. The highest BCUT2D eigenvalue weighted by atomic mass is 32.1. The van der Waals surface area contributed by atoms with Gasteiger partial charge in [0.1, 0.15) is 30.0 Å². The predicted octanol–water partition coefficient (Wildman–Crippen LogP) is 1.66. The van der Waals surface area contributed by atoms with Crippen LogP contribution >= 0.6 is 11.3 Å². The van der Waals surface area contributed by atoms with E-state index in [0.717, 1.165) is 31.6 Å². The standard InChI is InChI=1S/C18H20N10OS/c1-12-22-14(13-3-2-5-27(8-13)6-4-19)7-16(23-12)25-18-24-15(9-30-18)17(29)26-28-10-20-21-11-28/h7,9-11,13H,2-3,5-6,8H2,1H3,(H,26,29)(H,22,23,24,25)/t13-/m0/s1. The molecule has 4 heterocycles. The Morgan fingerprint density at radius 2 is 2.17 bits per heavy atom. The maximum absolute atomic E-state index is 12.3. The number of thiazole rings is 1. The summed E-state index contributed by atoms with van der Waals surface area (Å²) in [6.07, 6.45) is 4.84. The van der Waals surface area contributed by atoms with E-state index in [4.69, 9.17) is 5.26 Å². The number of carbonyl (C=O) groups excluding carboxylic acids is 1. The van der Waals surface area contributed by atoms with Crippen molar-refractivity contribution in [3.63, 3.8) is 0 Å². The molecule has 2 N–H and O–H groups in total. The second kappa shape index (κ2) is 8.93. The van der Waals surface area contributed by atoms with Gasteiger partial charge in [0.15, 0.2) is 5.13 Å². The maximum Gasteiger partial charge on any atom is 0.289 e. The number of nitrogens with one attached hydrogen (secondary N) is 2. The molecule has 0 saturated carbocycles. The minimum Gasteiger partial charge on any atom is -0.316 e. The van der Waals surface area contributed by atoms with Gasteiger partial charge < -0.3 is 5.32 Å². The lowest BCUT2D eigenvalue weighted by molar-refractivity contribution is 0.100. The summed E-state index contributed by atoms with van der Waals surface area (Å²) in [5.41, 5.74) is 3.84. The van der Waals surface area contributed by atoms with Crippen LogP contribution in [-0.4, -0.2) is 60.3 Å². The molecule has 1 fully saturated rings. The highest BCUT2D eigenvalue weighted by Crippen LogP contribution is 2.28. The Hall–Kier alpha value is -3.43. The number of hydrogen-bond acceptors (Lipinski definition) is 10. The number of aromatic nitrogens is 6. The largest absolute Gasteiger partial charge is 0.316 e. The van der Waals surface area contributed by atoms with Crippen LogP contribution in [0.25, 0.3) is 0 Å². The van der Waals surface area contributed by atoms with Crippen LogP contribution in [-0.2, 0) is 0 Å². The van der Waals surface area contributed by atoms with Gasteiger partial charge in [0.2, 0.25) is 0 Å². The van der Waals surface area contributed by atoms with Crippen molar-refractivity contribution in [1.82, 2.24) is 34.7 Å². The number of carbonyl (C=O) groups is 1. The smallest absolute Gasteiger partial charge is 0.289 e. The topological polar surface area (TPSA) is 138 Å². The molecule has 11 nitrogen and oxygen atoms in total. The first-order valence-electron chi connectivity index (χ1n) is 9.44. The highest BCUT2D eigenvalue weighted by molar-refractivity contribution is 7.14. The summed E-state index contributed by atoms with van der Waals surface area (Å²) in [7, 11) is 0. The van der Waals surface area contributed by atoms with Crippen molar-refractivity contribution in [3.05, 3.63) is 41.3 Å². The second-order valence-electron chi connectivity index (χ2n) is 6.93. The van der Waals surface area contributed by atoms with E-state index in [0.29, 0.717) is 23.3 Å². The predicted molar refractivity (Wildman–Crippen MR) is 110 cm³/mol. The van der Waals surface area contributed by atoms with Crippen LogP contribution in [0.1, 0.15) is 40.8 Å². The summed E-state index contributed by atoms with van der Waals surface area (Å²) in [6.45, 7) is 4.04. The van der Waals surface area contributed by atoms with Crippen molar-refractivity contribution < 1.29 is 4.79 Å². The van der Waals surface area contributed by atoms with Crippen molar-refractivity contribution >= 4 is 28.2 Å². The number of piperidine rings is 1. The highest BCUT2D eigenvalue weighted by Gasteiger charge is 2.23. The minimum absolute atomic E-state index is 0.260. The fourth-order valence-electron chi connectivity index (χ4n) is 3.38. The van der Waals surface area contributed by atoms with Gasteiger partial charge in [-0.2, -0.15) is 5.26 Å². The zero-order chi connectivity index (χ0) is 20.9. The molecule has 3 aromatic rings. The monoisotopic (exact) mass is 424 g/mol. The molecule has 3 aromatic heterocycles. The molecule has 30 heavy (non-hydrogen) atoms. The summed E-state index contributed by atoms with van der Waals surface area (Å²) >= 11 is 1.31. The van der Waals surface area contributed by atoms with E-state index in [1.54, 1.807) is 5.38 Å². The van der Waals surface area contributed by atoms with E-state index in [1.807, 2.05) is 13.0 Å². The van der Waals surface area contributed by atoms with Crippen LogP contribution < -0.4 is 10.7 Å². The van der Waals surface area contributed by atoms with Crippen molar-refractivity contribution in [3.8, 4) is 6.07 Å². The molecule has 0 aromatic carbocycles. The number of nitrogens with zero attached hydrogens (tertiary/aromatic N) is 8. The van der Waals surface area contributed by atoms with Gasteiger partial charge in [-0.3, -0.25) is 15.1 Å². The lowest BCUT2D eigenvalue weighted by Crippen LogP contribution is -2.35. The van der Waals surface area contributed by atoms with Gasteiger partial charge in [0.25, 0.3) is 5.91 Å². The van der Waals surface area contributed by atoms with Crippen molar-refractivity contribution in [2.45, 2.75) is 25.7 Å². The molecule has 0 unspecified atom stereocenters. The molecule has 0 spiro atoms. The fourth-order valence-corrected chi connectivity index (χ4v) is 4.08. The molecule has 1 aliphatic heterocycles. The molecule has 4 rings (SSSR count). The van der Waals surface area contributed by atoms with Gasteiger partial charge in [0, 0.05) is 23.9 Å². The number of rotatable bonds is 6. The van der Waals surface area contributed by atoms with E-state index in [1.165, 1.54) is 28.7 Å². The maximum atomic E-state index is 12.3. The molecule has 12 heteroatoms. The minimum atomic E-state index is -0.363. The quantitative estimate of drug-likeness (QED) is 0.566. The zero-order valence-corrected chi connectivity index (χ0v) is 17.1. The number of anilines is 2. The SMILES string of the molecule is Cc1nc(Nc2nc(C(=O)Nn3cnnc3)cs2)cc([C@H]2CCCN(CC#N)C2)n1. The second-order valence-corrected chi connectivity index (χ2v) is 7.79. The third-order valence-electron chi connectivity index (χ3n) is 4.70. The number of aryl methyl sites for hydroxylation is 1. The molecule has 0 bridgehead atoms. The van der Waals surface area contributed by atoms with E-state index in [2.05, 4.69) is 46.9 Å². The summed E-state index contributed by atoms with van der Waals surface area (Å²) in [5, 5.41) is 21.6. The van der Waals surface area contributed by atoms with Crippen LogP contribution in [0.15, 0.2) is 24.1 Å². The van der Waals surface area contributed by atoms with Crippen molar-refractivity contribution in [1.29, 1.82) is 5.26 Å². The van der Waals surface area contributed by atoms with Crippen molar-refractivity contribution in [2.24, 2.45) is 0 Å². The summed E-state index contributed by atoms with van der Waals surface area (Å²) in [6, 6.07) is 4.15. The van der Waals surface area contributed by atoms with Crippen LogP contribution in [0, 0.1) is 18.3 Å². The lowest BCUT2D eigenvalue weighted by Gasteiger charge is -2.30. The third-order valence-corrected chi connectivity index (χ3v) is 5.45. The molecular formula is C18H20N10OS. The zero-order valence-electron chi connectivity index (χ0n) is 16.3. The Labute approximate surface area is 176 Å². The molecule has 0 radical (unpaired) electrons. The molecule has 1 amide bonds. The van der Waals surface area contributed by atoms with Crippen LogP contribution in [0.2, 0.25) is 0 Å². The Bertz CT molecular complexity index is 1060. The number of nitriles is 1. The number of hydrogen-bond donors (Lipinski definition) is 2. The number of amides is 1. The first-order chi connectivity index (χ1) is 14.6. The lowest BCUT2D eigenvalue weighted by atomic mass is 9.94. The van der Waals surface area contributed by atoms with E-state index in [9.17, 15) is 4.79 Å². The Morgan fingerprint density at radius 1 is 1.33 bits per heavy atom. The first kappa shape index (κ1) is 19.9.